The number of rotatable bonds is 7. The van der Waals surface area contributed by atoms with Crippen LogP contribution >= 0.6 is 23.2 Å². The minimum atomic E-state index is -4.83. The summed E-state index contributed by atoms with van der Waals surface area (Å²) in [5.74, 6) is -0.965. The topological polar surface area (TPSA) is 134 Å². The number of anilines is 1. The van der Waals surface area contributed by atoms with Crippen molar-refractivity contribution in [2.24, 2.45) is 0 Å². The van der Waals surface area contributed by atoms with Crippen LogP contribution in [0.3, 0.4) is 0 Å². The zero-order chi connectivity index (χ0) is 32.6. The number of aromatic amines is 1. The first-order valence-corrected chi connectivity index (χ1v) is 16.2. The Kier molecular flexibility index (Phi) is 8.96. The maximum Gasteiger partial charge on any atom is 0.573 e. The summed E-state index contributed by atoms with van der Waals surface area (Å²) >= 11 is 12.2. The lowest BCUT2D eigenvalue weighted by atomic mass is 9.98. The molecule has 4 aromatic rings. The van der Waals surface area contributed by atoms with E-state index >= 15 is 0 Å². The second kappa shape index (κ2) is 12.6. The zero-order valence-corrected chi connectivity index (χ0v) is 26.4. The third-order valence-electron chi connectivity index (χ3n) is 7.13. The highest BCUT2D eigenvalue weighted by atomic mass is 35.5. The van der Waals surface area contributed by atoms with Gasteiger partial charge in [0.05, 0.1) is 22.3 Å². The van der Waals surface area contributed by atoms with E-state index in [0.717, 1.165) is 0 Å². The van der Waals surface area contributed by atoms with Crippen LogP contribution in [0.15, 0.2) is 53.3 Å². The molecule has 1 atom stereocenters. The summed E-state index contributed by atoms with van der Waals surface area (Å²) < 4.78 is 43.1. The molecule has 5 rings (SSSR count). The fourth-order valence-corrected chi connectivity index (χ4v) is 6.46. The molecule has 3 N–H and O–H groups in total. The molecule has 45 heavy (non-hydrogen) atoms. The summed E-state index contributed by atoms with van der Waals surface area (Å²) in [4.78, 5) is 49.3. The summed E-state index contributed by atoms with van der Waals surface area (Å²) in [7, 11) is -0.340. The van der Waals surface area contributed by atoms with Crippen LogP contribution in [0.5, 0.6) is 5.75 Å². The fraction of sp³-hybridized carbons (Fsp3) is 0.250. The fourth-order valence-electron chi connectivity index (χ4n) is 4.85. The van der Waals surface area contributed by atoms with Crippen molar-refractivity contribution in [1.82, 2.24) is 30.0 Å². The largest absolute Gasteiger partial charge is 0.573 e. The Morgan fingerprint density at radius 3 is 2.47 bits per heavy atom. The first kappa shape index (κ1) is 32.1. The number of benzene rings is 2. The molecule has 1 aliphatic heterocycles. The number of hydrogen-bond acceptors (Lipinski definition) is 7. The van der Waals surface area contributed by atoms with Crippen molar-refractivity contribution >= 4 is 55.1 Å². The van der Waals surface area contributed by atoms with Gasteiger partial charge in [-0.3, -0.25) is 19.5 Å². The maximum absolute atomic E-state index is 14.0. The lowest BCUT2D eigenvalue weighted by Gasteiger charge is -2.34. The molecule has 0 saturated carbocycles. The molecular weight excluding hydrogens is 654 g/mol. The molecule has 1 aliphatic rings. The van der Waals surface area contributed by atoms with E-state index in [4.69, 9.17) is 28.2 Å². The molecule has 11 nitrogen and oxygen atoms in total. The molecule has 17 heteroatoms. The Hall–Kier alpha value is -4.34. The van der Waals surface area contributed by atoms with E-state index in [2.05, 4.69) is 25.2 Å². The quantitative estimate of drug-likeness (QED) is 0.251. The smallest absolute Gasteiger partial charge is 0.406 e. The summed E-state index contributed by atoms with van der Waals surface area (Å²) in [6.07, 6.45) is -4.64. The van der Waals surface area contributed by atoms with Gasteiger partial charge in [-0.25, -0.2) is 9.55 Å². The van der Waals surface area contributed by atoms with Gasteiger partial charge in [0.15, 0.2) is 5.82 Å². The molecular formula is C28H25Cl2F3N7O4Si. The highest BCUT2D eigenvalue weighted by molar-refractivity contribution is 6.74. The second-order valence-electron chi connectivity index (χ2n) is 10.2. The Labute approximate surface area is 266 Å². The first-order chi connectivity index (χ1) is 21.3. The minimum absolute atomic E-state index is 0.0136. The van der Waals surface area contributed by atoms with Crippen LogP contribution in [-0.4, -0.2) is 64.9 Å². The lowest BCUT2D eigenvalue weighted by molar-refractivity contribution is -0.274. The number of hydrogen-bond donors (Lipinski definition) is 3. The van der Waals surface area contributed by atoms with Crippen molar-refractivity contribution in [2.45, 2.75) is 38.8 Å². The van der Waals surface area contributed by atoms with Gasteiger partial charge in [-0.05, 0) is 55.4 Å². The number of H-pyrrole nitrogens is 1. The van der Waals surface area contributed by atoms with Crippen LogP contribution in [-0.2, 0) is 13.0 Å². The predicted molar refractivity (Wildman–Crippen MR) is 163 cm³/mol. The third-order valence-corrected chi connectivity index (χ3v) is 9.66. The van der Waals surface area contributed by atoms with Crippen LogP contribution in [0.2, 0.25) is 16.6 Å². The molecule has 2 aromatic heterocycles. The van der Waals surface area contributed by atoms with E-state index in [1.54, 1.807) is 11.0 Å². The molecule has 2 aromatic carbocycles. The van der Waals surface area contributed by atoms with E-state index in [1.165, 1.54) is 54.1 Å². The summed E-state index contributed by atoms with van der Waals surface area (Å²) in [5.41, 5.74) is 0.707. The molecule has 0 fully saturated rings. The molecule has 0 unspecified atom stereocenters. The number of aromatic nitrogens is 4. The number of halogens is 5. The summed E-state index contributed by atoms with van der Waals surface area (Å²) in [5, 5.41) is 10.4. The van der Waals surface area contributed by atoms with E-state index in [-0.39, 0.29) is 53.1 Å². The maximum atomic E-state index is 14.0. The van der Waals surface area contributed by atoms with Crippen molar-refractivity contribution in [3.05, 3.63) is 91.4 Å². The standard InChI is InChI=1S/C28H25Cl2F3N7O4Si/c1-14-10-18-22(13-39(14)25(42)15-4-9-19(29)20(30)11-15)35-27(40(26(18)43)23-12-21(36-37-23)24(41)34-2)38-45(3)17-7-5-16(6-8-17)44-28(31,32)33/h4-9,11-12,14H,10,13H2,1-3H3,(H,34,41)(H,35,38)(H,36,37)/t14-/m1/s1. The molecule has 1 radical (unpaired) electrons. The SMILES string of the molecule is CNC(=O)c1cc(-n2c(N[Si](C)c3ccc(OC(F)(F)F)cc3)nc3c(c2=O)C[C@@H](C)N(C(=O)c2ccc(Cl)c(Cl)c2)C3)n[nH]1. The van der Waals surface area contributed by atoms with E-state index in [1.807, 2.05) is 13.5 Å². The molecule has 3 heterocycles. The molecule has 0 aliphatic carbocycles. The average molecular weight is 680 g/mol. The van der Waals surface area contributed by atoms with Gasteiger partial charge in [0.2, 0.25) is 14.9 Å². The van der Waals surface area contributed by atoms with Crippen molar-refractivity contribution in [3.63, 3.8) is 0 Å². The van der Waals surface area contributed by atoms with Crippen molar-refractivity contribution in [3.8, 4) is 11.6 Å². The molecule has 0 saturated heterocycles. The normalized spacial score (nSPS) is 14.7. The van der Waals surface area contributed by atoms with Crippen molar-refractivity contribution in [2.75, 3.05) is 12.0 Å². The van der Waals surface area contributed by atoms with Gasteiger partial charge in [0.25, 0.3) is 17.4 Å². The Balaban J connectivity index is 1.53. The number of alkyl halides is 3. The van der Waals surface area contributed by atoms with Gasteiger partial charge in [-0.15, -0.1) is 13.2 Å². The predicted octanol–water partition coefficient (Wildman–Crippen LogP) is 4.05. The minimum Gasteiger partial charge on any atom is -0.406 e. The second-order valence-corrected chi connectivity index (χ2v) is 13.0. The number of carbonyl (C=O) groups excluding carboxylic acids is 2. The number of nitrogens with zero attached hydrogens (tertiary/aromatic N) is 4. The molecule has 2 amide bonds. The van der Waals surface area contributed by atoms with Crippen molar-refractivity contribution < 1.29 is 27.5 Å². The third kappa shape index (κ3) is 6.84. The molecule has 235 valence electrons. The van der Waals surface area contributed by atoms with E-state index in [0.29, 0.717) is 27.0 Å². The van der Waals surface area contributed by atoms with Crippen LogP contribution in [0, 0.1) is 0 Å². The van der Waals surface area contributed by atoms with E-state index < -0.39 is 26.8 Å². The number of amides is 2. The number of carbonyl (C=O) groups is 2. The van der Waals surface area contributed by atoms with Gasteiger partial charge in [0, 0.05) is 30.3 Å². The molecule has 0 spiro atoms. The van der Waals surface area contributed by atoms with Crippen LogP contribution in [0.4, 0.5) is 19.1 Å². The first-order valence-electron chi connectivity index (χ1n) is 13.4. The van der Waals surface area contributed by atoms with Gasteiger partial charge in [-0.2, -0.15) is 5.10 Å². The average Bonchev–Trinajstić information content (AvgIpc) is 3.47. The lowest BCUT2D eigenvalue weighted by Crippen LogP contribution is -2.46. The number of ether oxygens (including phenoxy) is 1. The van der Waals surface area contributed by atoms with Crippen molar-refractivity contribution in [1.29, 1.82) is 0 Å². The Bertz CT molecular complexity index is 1830. The summed E-state index contributed by atoms with van der Waals surface area (Å²) in [6, 6.07) is 11.0. The van der Waals surface area contributed by atoms with E-state index in [9.17, 15) is 27.6 Å². The van der Waals surface area contributed by atoms with Crippen LogP contribution < -0.4 is 25.8 Å². The van der Waals surface area contributed by atoms with Gasteiger partial charge < -0.3 is 19.9 Å². The monoisotopic (exact) mass is 678 g/mol. The molecule has 0 bridgehead atoms. The van der Waals surface area contributed by atoms with Gasteiger partial charge >= 0.3 is 6.36 Å². The Morgan fingerprint density at radius 2 is 1.82 bits per heavy atom. The van der Waals surface area contributed by atoms with Crippen LogP contribution in [0.1, 0.15) is 39.0 Å². The summed E-state index contributed by atoms with van der Waals surface area (Å²) in [6.45, 7) is 3.65. The van der Waals surface area contributed by atoms with Gasteiger partial charge in [0.1, 0.15) is 11.4 Å². The highest BCUT2D eigenvalue weighted by Crippen LogP contribution is 2.28. The number of nitrogens with one attached hydrogen (secondary N) is 3. The highest BCUT2D eigenvalue weighted by Gasteiger charge is 2.33. The zero-order valence-electron chi connectivity index (χ0n) is 23.9. The Morgan fingerprint density at radius 1 is 1.11 bits per heavy atom. The van der Waals surface area contributed by atoms with Crippen LogP contribution in [0.25, 0.3) is 5.82 Å². The number of fused-ring (bicyclic) bond motifs is 1. The van der Waals surface area contributed by atoms with Gasteiger partial charge in [-0.1, -0.05) is 35.3 Å².